The van der Waals surface area contributed by atoms with Crippen molar-refractivity contribution in [3.05, 3.63) is 35.6 Å². The largest absolute Gasteiger partial charge is 0.367 e. The van der Waals surface area contributed by atoms with Gasteiger partial charge < -0.3 is 4.74 Å². The van der Waals surface area contributed by atoms with Gasteiger partial charge in [0.2, 0.25) is 0 Å². The Balaban J connectivity index is 1.95. The molecule has 1 aromatic rings. The fourth-order valence-electron chi connectivity index (χ4n) is 2.94. The predicted molar refractivity (Wildman–Crippen MR) is 56.0 cm³/mol. The smallest absolute Gasteiger partial charge is 0.123 e. The van der Waals surface area contributed by atoms with Crippen molar-refractivity contribution in [1.82, 2.24) is 0 Å². The molecular weight excluding hydrogens is 191 g/mol. The van der Waals surface area contributed by atoms with Crippen molar-refractivity contribution >= 4 is 0 Å². The Bertz CT molecular complexity index is 355. The summed E-state index contributed by atoms with van der Waals surface area (Å²) in [6.45, 7) is 0. The lowest BCUT2D eigenvalue weighted by molar-refractivity contribution is -0.0815. The summed E-state index contributed by atoms with van der Waals surface area (Å²) in [4.78, 5) is 0. The van der Waals surface area contributed by atoms with E-state index in [2.05, 4.69) is 0 Å². The zero-order valence-corrected chi connectivity index (χ0v) is 8.71. The second-order valence-corrected chi connectivity index (χ2v) is 4.67. The van der Waals surface area contributed by atoms with Crippen LogP contribution in [0.4, 0.5) is 4.39 Å². The van der Waals surface area contributed by atoms with Crippen LogP contribution in [0.3, 0.4) is 0 Å². The first-order valence-electron chi connectivity index (χ1n) is 5.72. The number of benzene rings is 1. The molecule has 0 saturated carbocycles. The molecule has 0 aromatic heterocycles. The van der Waals surface area contributed by atoms with E-state index in [1.165, 1.54) is 25.0 Å². The maximum Gasteiger partial charge on any atom is 0.123 e. The zero-order chi connectivity index (χ0) is 10.3. The lowest BCUT2D eigenvalue weighted by Gasteiger charge is -2.34. The summed E-state index contributed by atoms with van der Waals surface area (Å²) in [6.07, 6.45) is 6.24. The van der Waals surface area contributed by atoms with Gasteiger partial charge in [0.15, 0.2) is 0 Å². The van der Waals surface area contributed by atoms with Crippen LogP contribution in [0.1, 0.15) is 37.7 Å². The van der Waals surface area contributed by atoms with Crippen LogP contribution >= 0.6 is 0 Å². The Morgan fingerprint density at radius 2 is 1.93 bits per heavy atom. The highest BCUT2D eigenvalue weighted by molar-refractivity contribution is 5.25. The predicted octanol–water partition coefficient (Wildman–Crippen LogP) is 3.38. The minimum atomic E-state index is -0.166. The van der Waals surface area contributed by atoms with Gasteiger partial charge in [-0.05, 0) is 49.8 Å². The molecule has 2 unspecified atom stereocenters. The van der Waals surface area contributed by atoms with Crippen LogP contribution in [-0.4, -0.2) is 6.10 Å². The van der Waals surface area contributed by atoms with Gasteiger partial charge in [-0.2, -0.15) is 0 Å². The molecule has 0 N–H and O–H groups in total. The lowest BCUT2D eigenvalue weighted by atomic mass is 9.87. The molecule has 2 aliphatic heterocycles. The number of hydrogen-bond acceptors (Lipinski definition) is 1. The summed E-state index contributed by atoms with van der Waals surface area (Å²) in [6, 6.07) is 6.83. The van der Waals surface area contributed by atoms with Crippen LogP contribution < -0.4 is 0 Å². The Hall–Kier alpha value is -0.890. The minimum absolute atomic E-state index is 0.0867. The molecule has 3 rings (SSSR count). The molecule has 2 heterocycles. The Morgan fingerprint density at radius 3 is 2.73 bits per heavy atom. The van der Waals surface area contributed by atoms with E-state index in [1.807, 2.05) is 12.1 Å². The Morgan fingerprint density at radius 1 is 1.13 bits per heavy atom. The molecule has 2 aliphatic rings. The first-order chi connectivity index (χ1) is 7.28. The monoisotopic (exact) mass is 206 g/mol. The second-order valence-electron chi connectivity index (χ2n) is 4.67. The third-order valence-electron chi connectivity index (χ3n) is 3.74. The van der Waals surface area contributed by atoms with Gasteiger partial charge in [0.25, 0.3) is 0 Å². The van der Waals surface area contributed by atoms with Crippen molar-refractivity contribution in [2.45, 2.75) is 43.8 Å². The Kier molecular flexibility index (Phi) is 2.06. The number of hydrogen-bond donors (Lipinski definition) is 0. The molecular formula is C13H15FO. The molecule has 0 radical (unpaired) electrons. The van der Waals surface area contributed by atoms with Crippen molar-refractivity contribution in [2.24, 2.45) is 0 Å². The standard InChI is InChI=1S/C13H15FO/c14-11-5-3-10(4-6-11)13-8-1-2-12(15-13)7-9-13/h3-6,12H,1-2,7-9H2. The van der Waals surface area contributed by atoms with E-state index in [9.17, 15) is 4.39 Å². The fraction of sp³-hybridized carbons (Fsp3) is 0.538. The van der Waals surface area contributed by atoms with Gasteiger partial charge in [-0.3, -0.25) is 0 Å². The highest BCUT2D eigenvalue weighted by Gasteiger charge is 2.44. The van der Waals surface area contributed by atoms with Crippen LogP contribution in [-0.2, 0) is 10.3 Å². The first kappa shape index (κ1) is 9.34. The SMILES string of the molecule is Fc1ccc(C23CCCC(CC2)O3)cc1. The van der Waals surface area contributed by atoms with Crippen LogP contribution in [0.5, 0.6) is 0 Å². The first-order valence-corrected chi connectivity index (χ1v) is 5.72. The second kappa shape index (κ2) is 3.31. The topological polar surface area (TPSA) is 9.23 Å². The molecule has 2 bridgehead atoms. The van der Waals surface area contributed by atoms with Gasteiger partial charge in [-0.25, -0.2) is 4.39 Å². The molecule has 0 aliphatic carbocycles. The molecule has 2 saturated heterocycles. The number of fused-ring (bicyclic) bond motifs is 2. The summed E-state index contributed by atoms with van der Waals surface area (Å²) in [5, 5.41) is 0. The third-order valence-corrected chi connectivity index (χ3v) is 3.74. The van der Waals surface area contributed by atoms with Crippen molar-refractivity contribution in [3.63, 3.8) is 0 Å². The van der Waals surface area contributed by atoms with E-state index >= 15 is 0 Å². The van der Waals surface area contributed by atoms with E-state index in [-0.39, 0.29) is 11.4 Å². The zero-order valence-electron chi connectivity index (χ0n) is 8.71. The van der Waals surface area contributed by atoms with Crippen LogP contribution in [0, 0.1) is 5.82 Å². The maximum absolute atomic E-state index is 12.9. The minimum Gasteiger partial charge on any atom is -0.367 e. The highest BCUT2D eigenvalue weighted by Crippen LogP contribution is 2.47. The quantitative estimate of drug-likeness (QED) is 0.684. The van der Waals surface area contributed by atoms with Crippen molar-refractivity contribution in [1.29, 1.82) is 0 Å². The van der Waals surface area contributed by atoms with Crippen molar-refractivity contribution < 1.29 is 9.13 Å². The van der Waals surface area contributed by atoms with E-state index in [0.29, 0.717) is 6.10 Å². The number of ether oxygens (including phenoxy) is 1. The summed E-state index contributed by atoms with van der Waals surface area (Å²) < 4.78 is 18.9. The molecule has 15 heavy (non-hydrogen) atoms. The molecule has 2 atom stereocenters. The third kappa shape index (κ3) is 1.48. The van der Waals surface area contributed by atoms with Crippen molar-refractivity contribution in [3.8, 4) is 0 Å². The molecule has 2 heteroatoms. The average molecular weight is 206 g/mol. The number of rotatable bonds is 1. The van der Waals surface area contributed by atoms with Crippen molar-refractivity contribution in [2.75, 3.05) is 0 Å². The van der Waals surface area contributed by atoms with Crippen LogP contribution in [0.2, 0.25) is 0 Å². The van der Waals surface area contributed by atoms with Gasteiger partial charge in [-0.1, -0.05) is 12.1 Å². The summed E-state index contributed by atoms with van der Waals surface area (Å²) in [5.74, 6) is -0.166. The van der Waals surface area contributed by atoms with E-state index in [0.717, 1.165) is 24.8 Å². The summed E-state index contributed by atoms with van der Waals surface area (Å²) >= 11 is 0. The molecule has 80 valence electrons. The van der Waals surface area contributed by atoms with Gasteiger partial charge in [0.1, 0.15) is 5.82 Å². The van der Waals surface area contributed by atoms with E-state index in [4.69, 9.17) is 4.74 Å². The summed E-state index contributed by atoms with van der Waals surface area (Å²) in [7, 11) is 0. The van der Waals surface area contributed by atoms with Crippen LogP contribution in [0.25, 0.3) is 0 Å². The van der Waals surface area contributed by atoms with Gasteiger partial charge in [0, 0.05) is 0 Å². The highest BCUT2D eigenvalue weighted by atomic mass is 19.1. The normalized spacial score (nSPS) is 34.3. The Labute approximate surface area is 89.3 Å². The van der Waals surface area contributed by atoms with Gasteiger partial charge in [0.05, 0.1) is 11.7 Å². The lowest BCUT2D eigenvalue weighted by Crippen LogP contribution is -2.30. The van der Waals surface area contributed by atoms with Crippen LogP contribution in [0.15, 0.2) is 24.3 Å². The maximum atomic E-state index is 12.9. The molecule has 1 aromatic carbocycles. The molecule has 0 amide bonds. The number of halogens is 1. The van der Waals surface area contributed by atoms with E-state index in [1.54, 1.807) is 0 Å². The summed E-state index contributed by atoms with van der Waals surface area (Å²) in [5.41, 5.74) is 1.07. The van der Waals surface area contributed by atoms with Gasteiger partial charge >= 0.3 is 0 Å². The average Bonchev–Trinajstić information content (AvgIpc) is 2.56. The molecule has 1 nitrogen and oxygen atoms in total. The fourth-order valence-corrected chi connectivity index (χ4v) is 2.94. The molecule has 2 fully saturated rings. The van der Waals surface area contributed by atoms with E-state index < -0.39 is 0 Å². The molecule has 0 spiro atoms. The van der Waals surface area contributed by atoms with Gasteiger partial charge in [-0.15, -0.1) is 0 Å².